The summed E-state index contributed by atoms with van der Waals surface area (Å²) in [5.41, 5.74) is 2.78. The number of hydrogen-bond acceptors (Lipinski definition) is 5. The van der Waals surface area contributed by atoms with Crippen molar-refractivity contribution in [3.63, 3.8) is 0 Å². The van der Waals surface area contributed by atoms with Gasteiger partial charge in [0.25, 0.3) is 0 Å². The van der Waals surface area contributed by atoms with E-state index in [1.807, 2.05) is 25.4 Å². The van der Waals surface area contributed by atoms with E-state index in [2.05, 4.69) is 10.2 Å². The smallest absolute Gasteiger partial charge is 0.350 e. The van der Waals surface area contributed by atoms with Crippen molar-refractivity contribution < 1.29 is 5.11 Å². The molecule has 4 aromatic rings. The van der Waals surface area contributed by atoms with Gasteiger partial charge in [-0.2, -0.15) is 5.10 Å². The molecule has 0 radical (unpaired) electrons. The van der Waals surface area contributed by atoms with Gasteiger partial charge >= 0.3 is 5.69 Å². The fraction of sp³-hybridized carbons (Fsp3) is 0.222. The fourth-order valence-corrected chi connectivity index (χ4v) is 2.98. The number of halogens is 1. The molecular formula is C18H17ClN6O2. The van der Waals surface area contributed by atoms with Crippen LogP contribution in [0, 0.1) is 0 Å². The van der Waals surface area contributed by atoms with Gasteiger partial charge in [0.1, 0.15) is 5.69 Å². The van der Waals surface area contributed by atoms with Gasteiger partial charge in [0.2, 0.25) is 0 Å². The van der Waals surface area contributed by atoms with Crippen molar-refractivity contribution in [2.45, 2.75) is 13.0 Å². The first kappa shape index (κ1) is 17.4. The van der Waals surface area contributed by atoms with E-state index in [1.165, 1.54) is 9.08 Å². The SMILES string of the molecule is C[C@@H](CO)n1nc2c(-c3cnn(C)c3)nc(-c3ccc(Cl)cc3)cn2c1=O. The molecule has 0 aliphatic rings. The Morgan fingerprint density at radius 2 is 1.93 bits per heavy atom. The van der Waals surface area contributed by atoms with E-state index < -0.39 is 6.04 Å². The van der Waals surface area contributed by atoms with Gasteiger partial charge in [-0.3, -0.25) is 4.68 Å². The molecule has 9 heteroatoms. The first-order chi connectivity index (χ1) is 13.0. The lowest BCUT2D eigenvalue weighted by Crippen LogP contribution is -2.26. The summed E-state index contributed by atoms with van der Waals surface area (Å²) in [6, 6.07) is 6.78. The molecule has 3 heterocycles. The molecule has 0 aliphatic heterocycles. The number of hydrogen-bond donors (Lipinski definition) is 1. The number of benzene rings is 1. The minimum atomic E-state index is -0.446. The van der Waals surface area contributed by atoms with E-state index in [-0.39, 0.29) is 12.3 Å². The minimum absolute atomic E-state index is 0.191. The summed E-state index contributed by atoms with van der Waals surface area (Å²) in [5.74, 6) is 0. The summed E-state index contributed by atoms with van der Waals surface area (Å²) in [6.45, 7) is 1.54. The van der Waals surface area contributed by atoms with Crippen molar-refractivity contribution >= 4 is 17.2 Å². The van der Waals surface area contributed by atoms with E-state index in [1.54, 1.807) is 36.1 Å². The van der Waals surface area contributed by atoms with Crippen LogP contribution in [0.5, 0.6) is 0 Å². The molecule has 27 heavy (non-hydrogen) atoms. The van der Waals surface area contributed by atoms with Crippen LogP contribution in [0.3, 0.4) is 0 Å². The quantitative estimate of drug-likeness (QED) is 0.582. The number of aromatic nitrogens is 6. The number of aliphatic hydroxyl groups excluding tert-OH is 1. The molecule has 1 atom stereocenters. The van der Waals surface area contributed by atoms with Gasteiger partial charge in [0.15, 0.2) is 5.65 Å². The van der Waals surface area contributed by atoms with Crippen molar-refractivity contribution in [1.82, 2.24) is 28.9 Å². The van der Waals surface area contributed by atoms with Crippen molar-refractivity contribution in [1.29, 1.82) is 0 Å². The molecule has 4 rings (SSSR count). The number of fused-ring (bicyclic) bond motifs is 1. The van der Waals surface area contributed by atoms with E-state index in [4.69, 9.17) is 16.6 Å². The highest BCUT2D eigenvalue weighted by Crippen LogP contribution is 2.26. The second-order valence-corrected chi connectivity index (χ2v) is 6.77. The van der Waals surface area contributed by atoms with Gasteiger partial charge in [-0.15, -0.1) is 5.10 Å². The lowest BCUT2D eigenvalue weighted by Gasteiger charge is -2.05. The molecule has 0 aliphatic carbocycles. The lowest BCUT2D eigenvalue weighted by molar-refractivity contribution is 0.227. The Labute approximate surface area is 159 Å². The second kappa shape index (κ2) is 6.64. The monoisotopic (exact) mass is 384 g/mol. The molecule has 0 spiro atoms. The van der Waals surface area contributed by atoms with E-state index in [9.17, 15) is 9.90 Å². The van der Waals surface area contributed by atoms with Gasteiger partial charge in [0, 0.05) is 35.6 Å². The standard InChI is InChI=1S/C18H17ClN6O2/c1-11(10-26)25-18(27)24-9-15(12-3-5-14(19)6-4-12)21-16(17(24)22-25)13-7-20-23(2)8-13/h3-9,11,26H,10H2,1-2H3/t11-/m0/s1. The van der Waals surface area contributed by atoms with Crippen molar-refractivity contribution in [2.24, 2.45) is 7.05 Å². The highest BCUT2D eigenvalue weighted by Gasteiger charge is 2.19. The van der Waals surface area contributed by atoms with Crippen LogP contribution in [0.2, 0.25) is 5.02 Å². The third-order valence-corrected chi connectivity index (χ3v) is 4.58. The molecule has 0 bridgehead atoms. The first-order valence-corrected chi connectivity index (χ1v) is 8.73. The summed E-state index contributed by atoms with van der Waals surface area (Å²) < 4.78 is 4.38. The zero-order chi connectivity index (χ0) is 19.1. The normalized spacial score (nSPS) is 12.6. The highest BCUT2D eigenvalue weighted by molar-refractivity contribution is 6.30. The average Bonchev–Trinajstić information content (AvgIpc) is 3.25. The molecule has 0 unspecified atom stereocenters. The van der Waals surface area contributed by atoms with Crippen LogP contribution in [0.1, 0.15) is 13.0 Å². The Kier molecular flexibility index (Phi) is 4.29. The maximum atomic E-state index is 12.8. The topological polar surface area (TPSA) is 90.2 Å². The Bertz CT molecular complexity index is 1180. The van der Waals surface area contributed by atoms with Crippen LogP contribution >= 0.6 is 11.6 Å². The van der Waals surface area contributed by atoms with E-state index >= 15 is 0 Å². The molecule has 0 amide bonds. The van der Waals surface area contributed by atoms with Crippen LogP contribution in [0.25, 0.3) is 28.2 Å². The molecule has 0 fully saturated rings. The van der Waals surface area contributed by atoms with Crippen molar-refractivity contribution in [3.8, 4) is 22.5 Å². The van der Waals surface area contributed by atoms with Gasteiger partial charge in [-0.25, -0.2) is 18.9 Å². The lowest BCUT2D eigenvalue weighted by atomic mass is 10.1. The van der Waals surface area contributed by atoms with Gasteiger partial charge in [-0.1, -0.05) is 23.7 Å². The van der Waals surface area contributed by atoms with Crippen LogP contribution in [-0.4, -0.2) is 40.7 Å². The fourth-order valence-electron chi connectivity index (χ4n) is 2.85. The van der Waals surface area contributed by atoms with Crippen molar-refractivity contribution in [3.05, 3.63) is 58.4 Å². The molecule has 0 saturated heterocycles. The maximum absolute atomic E-state index is 12.8. The van der Waals surface area contributed by atoms with Crippen LogP contribution in [-0.2, 0) is 7.05 Å². The third kappa shape index (κ3) is 3.02. The molecule has 3 aromatic heterocycles. The number of rotatable bonds is 4. The Morgan fingerprint density at radius 3 is 2.56 bits per heavy atom. The van der Waals surface area contributed by atoms with Crippen LogP contribution < -0.4 is 5.69 Å². The molecule has 1 N–H and O–H groups in total. The van der Waals surface area contributed by atoms with E-state index in [0.717, 1.165) is 11.1 Å². The minimum Gasteiger partial charge on any atom is -0.394 e. The summed E-state index contributed by atoms with van der Waals surface area (Å²) in [4.78, 5) is 17.6. The Hall–Kier alpha value is -2.97. The number of aliphatic hydroxyl groups is 1. The average molecular weight is 385 g/mol. The van der Waals surface area contributed by atoms with Crippen LogP contribution in [0.4, 0.5) is 0 Å². The van der Waals surface area contributed by atoms with E-state index in [0.29, 0.717) is 22.1 Å². The zero-order valence-corrected chi connectivity index (χ0v) is 15.5. The maximum Gasteiger partial charge on any atom is 0.350 e. The molecule has 8 nitrogen and oxygen atoms in total. The summed E-state index contributed by atoms with van der Waals surface area (Å²) in [7, 11) is 1.81. The second-order valence-electron chi connectivity index (χ2n) is 6.34. The molecule has 0 saturated carbocycles. The number of nitrogens with zero attached hydrogens (tertiary/aromatic N) is 6. The predicted molar refractivity (Wildman–Crippen MR) is 102 cm³/mol. The largest absolute Gasteiger partial charge is 0.394 e. The first-order valence-electron chi connectivity index (χ1n) is 8.35. The van der Waals surface area contributed by atoms with Crippen LogP contribution in [0.15, 0.2) is 47.7 Å². The predicted octanol–water partition coefficient (Wildman–Crippen LogP) is 2.17. The molecule has 1 aromatic carbocycles. The summed E-state index contributed by atoms with van der Waals surface area (Å²) >= 11 is 5.98. The van der Waals surface area contributed by atoms with Gasteiger partial charge in [0.05, 0.1) is 24.5 Å². The highest BCUT2D eigenvalue weighted by atomic mass is 35.5. The Balaban J connectivity index is 2.02. The zero-order valence-electron chi connectivity index (χ0n) is 14.7. The summed E-state index contributed by atoms with van der Waals surface area (Å²) in [5, 5.41) is 18.7. The van der Waals surface area contributed by atoms with Gasteiger partial charge < -0.3 is 5.11 Å². The third-order valence-electron chi connectivity index (χ3n) is 4.33. The Morgan fingerprint density at radius 1 is 1.19 bits per heavy atom. The van der Waals surface area contributed by atoms with Gasteiger partial charge in [-0.05, 0) is 19.1 Å². The summed E-state index contributed by atoms with van der Waals surface area (Å²) in [6.07, 6.45) is 5.13. The molecular weight excluding hydrogens is 368 g/mol. The van der Waals surface area contributed by atoms with Crippen molar-refractivity contribution in [2.75, 3.05) is 6.61 Å². The molecule has 138 valence electrons. The number of aryl methyl sites for hydroxylation is 1.